The number of carboxylic acids is 1. The van der Waals surface area contributed by atoms with Crippen LogP contribution in [0.25, 0.3) is 0 Å². The molecule has 0 amide bonds. The molecule has 6 nitrogen and oxygen atoms in total. The number of hydrogen-bond donors (Lipinski definition) is 1. The van der Waals surface area contributed by atoms with Crippen LogP contribution in [0.4, 0.5) is 15.8 Å². The number of halogens is 1. The molecule has 1 aromatic carbocycles. The van der Waals surface area contributed by atoms with E-state index in [1.165, 1.54) is 4.90 Å². The largest absolute Gasteiger partial charge is 0.480 e. The van der Waals surface area contributed by atoms with Gasteiger partial charge in [-0.15, -0.1) is 0 Å². The lowest BCUT2D eigenvalue weighted by Gasteiger charge is -2.26. The van der Waals surface area contributed by atoms with Crippen LogP contribution in [0.15, 0.2) is 18.2 Å². The second-order valence-electron chi connectivity index (χ2n) is 4.01. The van der Waals surface area contributed by atoms with Crippen LogP contribution in [0.5, 0.6) is 0 Å². The highest BCUT2D eigenvalue weighted by Crippen LogP contribution is 2.30. The Labute approximate surface area is 103 Å². The summed E-state index contributed by atoms with van der Waals surface area (Å²) in [6, 6.07) is 2.67. The number of benzene rings is 1. The van der Waals surface area contributed by atoms with Crippen molar-refractivity contribution in [2.75, 3.05) is 11.4 Å². The molecule has 7 heteroatoms. The molecule has 0 aliphatic heterocycles. The van der Waals surface area contributed by atoms with Crippen molar-refractivity contribution >= 4 is 17.3 Å². The first-order valence-electron chi connectivity index (χ1n) is 5.25. The van der Waals surface area contributed by atoms with Gasteiger partial charge in [-0.25, -0.2) is 4.39 Å². The smallest absolute Gasteiger partial charge is 0.323 e. The zero-order valence-corrected chi connectivity index (χ0v) is 9.96. The van der Waals surface area contributed by atoms with Crippen LogP contribution in [0, 0.1) is 15.9 Å². The van der Waals surface area contributed by atoms with E-state index in [0.29, 0.717) is 0 Å². The number of carboxylic acid groups (broad SMARTS) is 1. The minimum atomic E-state index is -1.14. The minimum Gasteiger partial charge on any atom is -0.480 e. The van der Waals surface area contributed by atoms with Crippen molar-refractivity contribution in [2.45, 2.75) is 19.9 Å². The summed E-state index contributed by atoms with van der Waals surface area (Å²) in [4.78, 5) is 22.2. The second-order valence-corrected chi connectivity index (χ2v) is 4.01. The molecule has 0 aliphatic carbocycles. The molecule has 98 valence electrons. The van der Waals surface area contributed by atoms with Crippen molar-refractivity contribution in [1.82, 2.24) is 0 Å². The minimum absolute atomic E-state index is 0.0302. The van der Waals surface area contributed by atoms with E-state index in [2.05, 4.69) is 0 Å². The molecular weight excluding hydrogens is 243 g/mol. The summed E-state index contributed by atoms with van der Waals surface area (Å²) in [5, 5.41) is 19.6. The molecule has 0 atom stereocenters. The van der Waals surface area contributed by atoms with Crippen LogP contribution in [0.3, 0.4) is 0 Å². The Kier molecular flexibility index (Phi) is 4.19. The summed E-state index contributed by atoms with van der Waals surface area (Å²) in [6.07, 6.45) is 0. The van der Waals surface area contributed by atoms with Crippen molar-refractivity contribution in [1.29, 1.82) is 0 Å². The topological polar surface area (TPSA) is 83.7 Å². The van der Waals surface area contributed by atoms with E-state index in [0.717, 1.165) is 18.2 Å². The Morgan fingerprint density at radius 2 is 2.17 bits per heavy atom. The van der Waals surface area contributed by atoms with Crippen LogP contribution in [-0.2, 0) is 4.79 Å². The zero-order chi connectivity index (χ0) is 13.9. The van der Waals surface area contributed by atoms with Crippen molar-refractivity contribution < 1.29 is 19.2 Å². The lowest BCUT2D eigenvalue weighted by atomic mass is 10.2. The van der Waals surface area contributed by atoms with Gasteiger partial charge in [-0.1, -0.05) is 0 Å². The number of nitrogens with zero attached hydrogens (tertiary/aromatic N) is 2. The van der Waals surface area contributed by atoms with E-state index in [4.69, 9.17) is 5.11 Å². The molecule has 0 aliphatic rings. The summed E-state index contributed by atoms with van der Waals surface area (Å²) in [5.41, 5.74) is -0.344. The van der Waals surface area contributed by atoms with Gasteiger partial charge in [0, 0.05) is 18.2 Å². The van der Waals surface area contributed by atoms with E-state index in [9.17, 15) is 19.3 Å². The molecule has 1 aromatic rings. The predicted molar refractivity (Wildman–Crippen MR) is 63.2 cm³/mol. The van der Waals surface area contributed by atoms with Gasteiger partial charge in [-0.2, -0.15) is 0 Å². The van der Waals surface area contributed by atoms with Crippen LogP contribution in [0.1, 0.15) is 13.8 Å². The Hall–Kier alpha value is -2.18. The fourth-order valence-electron chi connectivity index (χ4n) is 1.57. The first kappa shape index (κ1) is 13.9. The maximum absolute atomic E-state index is 13.2. The molecule has 0 unspecified atom stereocenters. The van der Waals surface area contributed by atoms with E-state index < -0.39 is 23.3 Å². The molecule has 1 N–H and O–H groups in total. The van der Waals surface area contributed by atoms with Gasteiger partial charge in [0.05, 0.1) is 4.92 Å². The van der Waals surface area contributed by atoms with Crippen LogP contribution >= 0.6 is 0 Å². The fourth-order valence-corrected chi connectivity index (χ4v) is 1.57. The average molecular weight is 256 g/mol. The number of aliphatic carboxylic acids is 1. The molecular formula is C11H13FN2O4. The first-order valence-corrected chi connectivity index (χ1v) is 5.25. The van der Waals surface area contributed by atoms with Gasteiger partial charge in [-0.05, 0) is 19.9 Å². The molecule has 0 spiro atoms. The number of hydrogen-bond acceptors (Lipinski definition) is 4. The number of nitro benzene ring substituents is 1. The van der Waals surface area contributed by atoms with Gasteiger partial charge in [-0.3, -0.25) is 14.9 Å². The fraction of sp³-hybridized carbons (Fsp3) is 0.364. The van der Waals surface area contributed by atoms with Gasteiger partial charge >= 0.3 is 5.97 Å². The molecule has 0 heterocycles. The number of nitro groups is 1. The Morgan fingerprint density at radius 3 is 2.61 bits per heavy atom. The summed E-state index contributed by atoms with van der Waals surface area (Å²) in [5.74, 6) is -1.78. The molecule has 18 heavy (non-hydrogen) atoms. The van der Waals surface area contributed by atoms with E-state index in [1.54, 1.807) is 13.8 Å². The molecule has 0 bridgehead atoms. The van der Waals surface area contributed by atoms with E-state index >= 15 is 0 Å². The quantitative estimate of drug-likeness (QED) is 0.643. The Morgan fingerprint density at radius 1 is 1.56 bits per heavy atom. The first-order chi connectivity index (χ1) is 8.32. The van der Waals surface area contributed by atoms with Gasteiger partial charge in [0.2, 0.25) is 0 Å². The highest BCUT2D eigenvalue weighted by molar-refractivity contribution is 5.76. The third-order valence-electron chi connectivity index (χ3n) is 2.37. The van der Waals surface area contributed by atoms with Crippen molar-refractivity contribution in [2.24, 2.45) is 0 Å². The van der Waals surface area contributed by atoms with Crippen molar-refractivity contribution in [3.05, 3.63) is 34.1 Å². The summed E-state index contributed by atoms with van der Waals surface area (Å²) >= 11 is 0. The summed E-state index contributed by atoms with van der Waals surface area (Å²) in [6.45, 7) is 2.93. The molecule has 1 rings (SSSR count). The van der Waals surface area contributed by atoms with Crippen LogP contribution in [0.2, 0.25) is 0 Å². The van der Waals surface area contributed by atoms with Gasteiger partial charge < -0.3 is 10.0 Å². The number of carbonyl (C=O) groups is 1. The van der Waals surface area contributed by atoms with Crippen LogP contribution < -0.4 is 4.90 Å². The zero-order valence-electron chi connectivity index (χ0n) is 9.96. The summed E-state index contributed by atoms with van der Waals surface area (Å²) in [7, 11) is 0. The summed E-state index contributed by atoms with van der Waals surface area (Å²) < 4.78 is 13.2. The standard InChI is InChI=1S/C11H13FN2O4/c1-7(2)13(6-11(15)16)10-5-8(12)3-4-9(10)14(17)18/h3-5,7H,6H2,1-2H3,(H,15,16). The van der Waals surface area contributed by atoms with Crippen LogP contribution in [-0.4, -0.2) is 28.6 Å². The predicted octanol–water partition coefficient (Wildman–Crippen LogP) is 2.03. The molecule has 0 radical (unpaired) electrons. The average Bonchev–Trinajstić information content (AvgIpc) is 2.24. The van der Waals surface area contributed by atoms with Crippen molar-refractivity contribution in [3.8, 4) is 0 Å². The second kappa shape index (κ2) is 5.44. The maximum Gasteiger partial charge on any atom is 0.323 e. The third-order valence-corrected chi connectivity index (χ3v) is 2.37. The third kappa shape index (κ3) is 3.16. The highest BCUT2D eigenvalue weighted by Gasteiger charge is 2.23. The maximum atomic E-state index is 13.2. The SMILES string of the molecule is CC(C)N(CC(=O)O)c1cc(F)ccc1[N+](=O)[O-]. The molecule has 0 saturated heterocycles. The van der Waals surface area contributed by atoms with Gasteiger partial charge in [0.15, 0.2) is 0 Å². The lowest BCUT2D eigenvalue weighted by Crippen LogP contribution is -2.36. The molecule has 0 saturated carbocycles. The lowest BCUT2D eigenvalue weighted by molar-refractivity contribution is -0.384. The van der Waals surface area contributed by atoms with Crippen molar-refractivity contribution in [3.63, 3.8) is 0 Å². The monoisotopic (exact) mass is 256 g/mol. The van der Waals surface area contributed by atoms with Gasteiger partial charge in [0.1, 0.15) is 18.0 Å². The highest BCUT2D eigenvalue weighted by atomic mass is 19.1. The van der Waals surface area contributed by atoms with E-state index in [-0.39, 0.29) is 17.4 Å². The number of rotatable bonds is 5. The number of anilines is 1. The van der Waals surface area contributed by atoms with E-state index in [1.807, 2.05) is 0 Å². The normalized spacial score (nSPS) is 10.4. The Bertz CT molecular complexity index is 476. The molecule has 0 fully saturated rings. The Balaban J connectivity index is 3.29. The van der Waals surface area contributed by atoms with Gasteiger partial charge in [0.25, 0.3) is 5.69 Å². The molecule has 0 aromatic heterocycles.